The van der Waals surface area contributed by atoms with E-state index in [1.54, 1.807) is 30.6 Å². The predicted octanol–water partition coefficient (Wildman–Crippen LogP) is 2.46. The zero-order valence-electron chi connectivity index (χ0n) is 13.7. The third-order valence-corrected chi connectivity index (χ3v) is 6.02. The molecule has 0 spiro atoms. The number of fused-ring (bicyclic) bond motifs is 1. The molecule has 0 saturated carbocycles. The molecule has 5 nitrogen and oxygen atoms in total. The van der Waals surface area contributed by atoms with Gasteiger partial charge in [0.05, 0.1) is 4.90 Å². The highest BCUT2D eigenvalue weighted by atomic mass is 32.2. The quantitative estimate of drug-likeness (QED) is 0.774. The van der Waals surface area contributed by atoms with Gasteiger partial charge in [-0.25, -0.2) is 8.42 Å². The number of aromatic nitrogens is 1. The van der Waals surface area contributed by atoms with Crippen LogP contribution >= 0.6 is 0 Å². The van der Waals surface area contributed by atoms with Crippen molar-refractivity contribution in [3.63, 3.8) is 0 Å². The number of pyridine rings is 1. The SMILES string of the molecule is CCCC(CC)NCC(N)S(=O)(=O)c1cccc2cnccc12. The van der Waals surface area contributed by atoms with E-state index in [4.69, 9.17) is 5.73 Å². The van der Waals surface area contributed by atoms with Crippen LogP contribution in [0.2, 0.25) is 0 Å². The predicted molar refractivity (Wildman–Crippen MR) is 93.9 cm³/mol. The fourth-order valence-corrected chi connectivity index (χ4v) is 4.10. The first kappa shape index (κ1) is 17.8. The lowest BCUT2D eigenvalue weighted by Crippen LogP contribution is -2.43. The number of benzene rings is 1. The molecule has 0 radical (unpaired) electrons. The van der Waals surface area contributed by atoms with Crippen LogP contribution in [0.15, 0.2) is 41.6 Å². The van der Waals surface area contributed by atoms with E-state index in [-0.39, 0.29) is 11.4 Å². The van der Waals surface area contributed by atoms with Crippen LogP contribution in [0.5, 0.6) is 0 Å². The number of hydrogen-bond donors (Lipinski definition) is 2. The minimum Gasteiger partial charge on any atom is -0.314 e. The van der Waals surface area contributed by atoms with Crippen molar-refractivity contribution in [1.29, 1.82) is 0 Å². The first-order valence-corrected chi connectivity index (χ1v) is 9.61. The van der Waals surface area contributed by atoms with Gasteiger partial charge in [0.1, 0.15) is 5.37 Å². The summed E-state index contributed by atoms with van der Waals surface area (Å²) < 4.78 is 25.6. The summed E-state index contributed by atoms with van der Waals surface area (Å²) in [5.74, 6) is 0. The Balaban J connectivity index is 2.23. The molecule has 2 atom stereocenters. The van der Waals surface area contributed by atoms with Crippen LogP contribution in [0.3, 0.4) is 0 Å². The average Bonchev–Trinajstić information content (AvgIpc) is 2.57. The number of hydrogen-bond acceptors (Lipinski definition) is 5. The van der Waals surface area contributed by atoms with Gasteiger partial charge in [0.25, 0.3) is 0 Å². The molecule has 0 fully saturated rings. The third kappa shape index (κ3) is 4.07. The lowest BCUT2D eigenvalue weighted by molar-refractivity contribution is 0.458. The fraction of sp³-hybridized carbons (Fsp3) is 0.471. The Labute approximate surface area is 138 Å². The molecule has 23 heavy (non-hydrogen) atoms. The second-order valence-electron chi connectivity index (χ2n) is 5.74. The summed E-state index contributed by atoms with van der Waals surface area (Å²) in [5.41, 5.74) is 6.01. The normalized spacial score (nSPS) is 14.7. The van der Waals surface area contributed by atoms with Gasteiger partial charge in [-0.2, -0.15) is 0 Å². The summed E-state index contributed by atoms with van der Waals surface area (Å²) in [6.07, 6.45) is 6.29. The van der Waals surface area contributed by atoms with Gasteiger partial charge in [-0.3, -0.25) is 4.98 Å². The first-order chi connectivity index (χ1) is 11.0. The van der Waals surface area contributed by atoms with E-state index >= 15 is 0 Å². The number of rotatable bonds is 8. The molecule has 6 heteroatoms. The Bertz CT molecular complexity index is 741. The summed E-state index contributed by atoms with van der Waals surface area (Å²) >= 11 is 0. The topological polar surface area (TPSA) is 85.1 Å². The van der Waals surface area contributed by atoms with Gasteiger partial charge in [0, 0.05) is 35.8 Å². The summed E-state index contributed by atoms with van der Waals surface area (Å²) in [5, 5.41) is 3.77. The highest BCUT2D eigenvalue weighted by Gasteiger charge is 2.26. The molecule has 0 aliphatic heterocycles. The van der Waals surface area contributed by atoms with Gasteiger partial charge in [-0.15, -0.1) is 0 Å². The number of nitrogens with two attached hydrogens (primary N) is 1. The van der Waals surface area contributed by atoms with E-state index in [1.807, 2.05) is 6.07 Å². The van der Waals surface area contributed by atoms with Crippen molar-refractivity contribution in [1.82, 2.24) is 10.3 Å². The molecule has 2 rings (SSSR count). The molecule has 0 saturated heterocycles. The number of sulfone groups is 1. The van der Waals surface area contributed by atoms with Gasteiger partial charge >= 0.3 is 0 Å². The molecule has 0 amide bonds. The highest BCUT2D eigenvalue weighted by Crippen LogP contribution is 2.24. The zero-order chi connectivity index (χ0) is 16.9. The van der Waals surface area contributed by atoms with Crippen LogP contribution in [0.4, 0.5) is 0 Å². The van der Waals surface area contributed by atoms with Crippen molar-refractivity contribution in [2.45, 2.75) is 49.4 Å². The van der Waals surface area contributed by atoms with Crippen LogP contribution in [0.25, 0.3) is 10.8 Å². The lowest BCUT2D eigenvalue weighted by Gasteiger charge is -2.20. The second-order valence-corrected chi connectivity index (χ2v) is 7.87. The van der Waals surface area contributed by atoms with Crippen molar-refractivity contribution in [3.05, 3.63) is 36.7 Å². The maximum absolute atomic E-state index is 12.8. The maximum Gasteiger partial charge on any atom is 0.195 e. The number of nitrogens with zero attached hydrogens (tertiary/aromatic N) is 1. The van der Waals surface area contributed by atoms with Crippen molar-refractivity contribution in [2.75, 3.05) is 6.54 Å². The number of nitrogens with one attached hydrogen (secondary N) is 1. The smallest absolute Gasteiger partial charge is 0.195 e. The maximum atomic E-state index is 12.8. The first-order valence-electron chi connectivity index (χ1n) is 8.06. The highest BCUT2D eigenvalue weighted by molar-refractivity contribution is 7.92. The molecular weight excluding hydrogens is 310 g/mol. The van der Waals surface area contributed by atoms with Crippen molar-refractivity contribution in [3.8, 4) is 0 Å². The fourth-order valence-electron chi connectivity index (χ4n) is 2.70. The Morgan fingerprint density at radius 3 is 2.74 bits per heavy atom. The molecule has 3 N–H and O–H groups in total. The standard InChI is InChI=1S/C17H25N3O2S/c1-3-6-14(4-2)20-12-17(18)23(21,22)16-8-5-7-13-11-19-10-9-15(13)16/h5,7-11,14,17,20H,3-4,6,12,18H2,1-2H3. The van der Waals surface area contributed by atoms with E-state index in [2.05, 4.69) is 24.1 Å². The Morgan fingerprint density at radius 1 is 1.26 bits per heavy atom. The molecule has 0 aliphatic rings. The second kappa shape index (κ2) is 7.86. The van der Waals surface area contributed by atoms with Gasteiger partial charge < -0.3 is 11.1 Å². The molecule has 2 aromatic rings. The Hall–Kier alpha value is -1.50. The molecule has 2 unspecified atom stereocenters. The minimum absolute atomic E-state index is 0.252. The summed E-state index contributed by atoms with van der Waals surface area (Å²) in [6, 6.07) is 7.20. The van der Waals surface area contributed by atoms with Crippen molar-refractivity contribution < 1.29 is 8.42 Å². The van der Waals surface area contributed by atoms with Gasteiger partial charge in [0.2, 0.25) is 0 Å². The lowest BCUT2D eigenvalue weighted by atomic mass is 10.1. The van der Waals surface area contributed by atoms with E-state index in [0.717, 1.165) is 24.6 Å². The minimum atomic E-state index is -3.60. The molecule has 1 heterocycles. The van der Waals surface area contributed by atoms with Crippen LogP contribution in [0.1, 0.15) is 33.1 Å². The van der Waals surface area contributed by atoms with Crippen LogP contribution in [-0.2, 0) is 9.84 Å². The van der Waals surface area contributed by atoms with E-state index in [9.17, 15) is 8.42 Å². The van der Waals surface area contributed by atoms with Gasteiger partial charge in [-0.05, 0) is 25.0 Å². The Morgan fingerprint density at radius 2 is 2.04 bits per heavy atom. The molecular formula is C17H25N3O2S. The van der Waals surface area contributed by atoms with Crippen LogP contribution < -0.4 is 11.1 Å². The van der Waals surface area contributed by atoms with E-state index in [1.165, 1.54) is 0 Å². The van der Waals surface area contributed by atoms with Gasteiger partial charge in [-0.1, -0.05) is 32.4 Å². The van der Waals surface area contributed by atoms with Crippen molar-refractivity contribution >= 4 is 20.6 Å². The molecule has 1 aromatic carbocycles. The third-order valence-electron chi connectivity index (χ3n) is 4.08. The van der Waals surface area contributed by atoms with E-state index < -0.39 is 15.2 Å². The molecule has 126 valence electrons. The average molecular weight is 335 g/mol. The van der Waals surface area contributed by atoms with Crippen LogP contribution in [-0.4, -0.2) is 31.4 Å². The van der Waals surface area contributed by atoms with E-state index in [0.29, 0.717) is 11.4 Å². The van der Waals surface area contributed by atoms with Gasteiger partial charge in [0.15, 0.2) is 9.84 Å². The monoisotopic (exact) mass is 335 g/mol. The zero-order valence-corrected chi connectivity index (χ0v) is 14.5. The largest absolute Gasteiger partial charge is 0.314 e. The molecule has 1 aromatic heterocycles. The summed E-state index contributed by atoms with van der Waals surface area (Å²) in [4.78, 5) is 4.31. The summed E-state index contributed by atoms with van der Waals surface area (Å²) in [6.45, 7) is 4.46. The molecule has 0 aliphatic carbocycles. The molecule has 0 bridgehead atoms. The van der Waals surface area contributed by atoms with Crippen LogP contribution in [0, 0.1) is 0 Å². The van der Waals surface area contributed by atoms with Crippen molar-refractivity contribution in [2.24, 2.45) is 5.73 Å². The Kier molecular flexibility index (Phi) is 6.10. The summed E-state index contributed by atoms with van der Waals surface area (Å²) in [7, 11) is -3.60.